The summed E-state index contributed by atoms with van der Waals surface area (Å²) in [5.74, 6) is -1.56. The van der Waals surface area contributed by atoms with E-state index in [0.717, 1.165) is 0 Å². The quantitative estimate of drug-likeness (QED) is 0.773. The van der Waals surface area contributed by atoms with Crippen LogP contribution in [0.3, 0.4) is 0 Å². The Kier molecular flexibility index (Phi) is 4.26. The van der Waals surface area contributed by atoms with Crippen molar-refractivity contribution in [2.45, 2.75) is 49.6 Å². The van der Waals surface area contributed by atoms with Gasteiger partial charge in [-0.3, -0.25) is 4.79 Å². The van der Waals surface area contributed by atoms with E-state index < -0.39 is 27.0 Å². The number of sulfonamides is 1. The second-order valence-corrected chi connectivity index (χ2v) is 6.03. The fraction of sp³-hybridized carbons (Fsp3) is 0.889. The lowest BCUT2D eigenvalue weighted by Crippen LogP contribution is -2.57. The van der Waals surface area contributed by atoms with Crippen molar-refractivity contribution in [2.75, 3.05) is 0 Å². The van der Waals surface area contributed by atoms with E-state index in [2.05, 4.69) is 0 Å². The number of hydrogen-bond donors (Lipinski definition) is 2. The molecule has 1 aliphatic carbocycles. The molecule has 1 aliphatic rings. The predicted octanol–water partition coefficient (Wildman–Crippen LogP) is 1.60. The van der Waals surface area contributed by atoms with Gasteiger partial charge in [-0.25, -0.2) is 8.42 Å². The Morgan fingerprint density at radius 3 is 1.89 bits per heavy atom. The zero-order valence-corrected chi connectivity index (χ0v) is 10.3. The van der Waals surface area contributed by atoms with Gasteiger partial charge >= 0.3 is 21.5 Å². The van der Waals surface area contributed by atoms with Gasteiger partial charge in [0.25, 0.3) is 0 Å². The Labute approximate surface area is 102 Å². The number of nitrogens with one attached hydrogen (secondary N) is 1. The summed E-state index contributed by atoms with van der Waals surface area (Å²) in [4.78, 5) is 11.1. The molecule has 1 rings (SSSR count). The minimum absolute atomic E-state index is 0.127. The van der Waals surface area contributed by atoms with E-state index in [4.69, 9.17) is 5.11 Å². The molecule has 0 spiro atoms. The molecule has 1 saturated carbocycles. The number of rotatable bonds is 3. The van der Waals surface area contributed by atoms with Crippen LogP contribution in [0.2, 0.25) is 0 Å². The van der Waals surface area contributed by atoms with Gasteiger partial charge < -0.3 is 5.11 Å². The lowest BCUT2D eigenvalue weighted by molar-refractivity contribution is -0.144. The molecule has 0 aromatic carbocycles. The third-order valence-electron chi connectivity index (χ3n) is 3.00. The van der Waals surface area contributed by atoms with E-state index in [1.54, 1.807) is 0 Å². The Morgan fingerprint density at radius 1 is 1.11 bits per heavy atom. The molecule has 106 valence electrons. The first-order valence-electron chi connectivity index (χ1n) is 5.44. The van der Waals surface area contributed by atoms with Crippen molar-refractivity contribution in [2.24, 2.45) is 0 Å². The standard InChI is InChI=1S/C9H14F3NO4S/c10-9(11,12)18(16,17)13-8(7(14)15)5-3-1-2-4-6-8/h13H,1-6H2,(H,14,15). The van der Waals surface area contributed by atoms with Crippen LogP contribution in [-0.2, 0) is 14.8 Å². The lowest BCUT2D eigenvalue weighted by Gasteiger charge is -2.29. The number of alkyl halides is 3. The van der Waals surface area contributed by atoms with Crippen LogP contribution in [-0.4, -0.2) is 30.5 Å². The molecule has 0 saturated heterocycles. The van der Waals surface area contributed by atoms with Gasteiger partial charge in [-0.15, -0.1) is 0 Å². The first-order chi connectivity index (χ1) is 8.11. The average Bonchev–Trinajstić information content (AvgIpc) is 2.42. The number of halogens is 3. The number of hydrogen-bond acceptors (Lipinski definition) is 3. The van der Waals surface area contributed by atoms with E-state index in [0.29, 0.717) is 25.7 Å². The topological polar surface area (TPSA) is 83.5 Å². The van der Waals surface area contributed by atoms with E-state index >= 15 is 0 Å². The zero-order valence-electron chi connectivity index (χ0n) is 9.46. The van der Waals surface area contributed by atoms with Gasteiger partial charge in [0.15, 0.2) is 0 Å². The summed E-state index contributed by atoms with van der Waals surface area (Å²) in [6.45, 7) is 0. The molecule has 0 aliphatic heterocycles. The van der Waals surface area contributed by atoms with Gasteiger partial charge in [-0.2, -0.15) is 17.9 Å². The predicted molar refractivity (Wildman–Crippen MR) is 56.2 cm³/mol. The summed E-state index contributed by atoms with van der Waals surface area (Å²) in [6.07, 6.45) is 1.88. The SMILES string of the molecule is O=C(O)C1(NS(=O)(=O)C(F)(F)F)CCCCCC1. The van der Waals surface area contributed by atoms with Crippen molar-refractivity contribution in [3.8, 4) is 0 Å². The van der Waals surface area contributed by atoms with Gasteiger partial charge in [0.05, 0.1) is 0 Å². The van der Waals surface area contributed by atoms with Gasteiger partial charge in [0.2, 0.25) is 0 Å². The first kappa shape index (κ1) is 15.2. The van der Waals surface area contributed by atoms with E-state index in [9.17, 15) is 26.4 Å². The Bertz CT molecular complexity index is 410. The highest BCUT2D eigenvalue weighted by molar-refractivity contribution is 7.90. The van der Waals surface area contributed by atoms with Crippen LogP contribution >= 0.6 is 0 Å². The Hall–Kier alpha value is -0.830. The monoisotopic (exact) mass is 289 g/mol. The van der Waals surface area contributed by atoms with Gasteiger partial charge in [0.1, 0.15) is 5.54 Å². The summed E-state index contributed by atoms with van der Waals surface area (Å²) in [7, 11) is -5.65. The molecule has 0 aromatic heterocycles. The average molecular weight is 289 g/mol. The Morgan fingerprint density at radius 2 is 1.56 bits per heavy atom. The highest BCUT2D eigenvalue weighted by Gasteiger charge is 2.52. The molecule has 5 nitrogen and oxygen atoms in total. The highest BCUT2D eigenvalue weighted by atomic mass is 32.2. The van der Waals surface area contributed by atoms with Crippen molar-refractivity contribution in [3.05, 3.63) is 0 Å². The minimum Gasteiger partial charge on any atom is -0.480 e. The van der Waals surface area contributed by atoms with E-state index in [1.807, 2.05) is 0 Å². The molecular weight excluding hydrogens is 275 g/mol. The second kappa shape index (κ2) is 5.04. The molecule has 18 heavy (non-hydrogen) atoms. The molecule has 0 aromatic rings. The van der Waals surface area contributed by atoms with Crippen molar-refractivity contribution in [3.63, 3.8) is 0 Å². The molecule has 0 unspecified atom stereocenters. The molecule has 0 bridgehead atoms. The number of carboxylic acids is 1. The molecular formula is C9H14F3NO4S. The highest BCUT2D eigenvalue weighted by Crippen LogP contribution is 2.31. The van der Waals surface area contributed by atoms with Crippen molar-refractivity contribution < 1.29 is 31.5 Å². The molecule has 1 fully saturated rings. The maximum atomic E-state index is 12.3. The summed E-state index contributed by atoms with van der Waals surface area (Å²) in [5, 5.41) is 9.05. The van der Waals surface area contributed by atoms with Crippen molar-refractivity contribution in [1.82, 2.24) is 4.72 Å². The second-order valence-electron chi connectivity index (χ2n) is 4.35. The summed E-state index contributed by atoms with van der Waals surface area (Å²) < 4.78 is 60.3. The number of carbonyl (C=O) groups is 1. The summed E-state index contributed by atoms with van der Waals surface area (Å²) >= 11 is 0. The fourth-order valence-corrected chi connectivity index (χ4v) is 2.93. The molecule has 0 radical (unpaired) electrons. The maximum Gasteiger partial charge on any atom is 0.511 e. The number of carboxylic acid groups (broad SMARTS) is 1. The fourth-order valence-electron chi connectivity index (χ4n) is 2.01. The zero-order chi connectivity index (χ0) is 14.0. The lowest BCUT2D eigenvalue weighted by atomic mass is 9.92. The van der Waals surface area contributed by atoms with Crippen LogP contribution in [0.25, 0.3) is 0 Å². The molecule has 0 heterocycles. The Balaban J connectivity index is 3.04. The van der Waals surface area contributed by atoms with Crippen LogP contribution < -0.4 is 4.72 Å². The smallest absolute Gasteiger partial charge is 0.480 e. The van der Waals surface area contributed by atoms with E-state index in [1.165, 1.54) is 4.72 Å². The van der Waals surface area contributed by atoms with E-state index in [-0.39, 0.29) is 12.8 Å². The molecule has 0 atom stereocenters. The largest absolute Gasteiger partial charge is 0.511 e. The van der Waals surface area contributed by atoms with Gasteiger partial charge in [-0.1, -0.05) is 25.7 Å². The van der Waals surface area contributed by atoms with Gasteiger partial charge in [-0.05, 0) is 12.8 Å². The van der Waals surface area contributed by atoms with Crippen LogP contribution in [0.15, 0.2) is 0 Å². The van der Waals surface area contributed by atoms with Crippen molar-refractivity contribution in [1.29, 1.82) is 0 Å². The van der Waals surface area contributed by atoms with Gasteiger partial charge in [0, 0.05) is 0 Å². The van der Waals surface area contributed by atoms with Crippen LogP contribution in [0.4, 0.5) is 13.2 Å². The first-order valence-corrected chi connectivity index (χ1v) is 6.93. The van der Waals surface area contributed by atoms with Crippen molar-refractivity contribution >= 4 is 16.0 Å². The molecule has 0 amide bonds. The third kappa shape index (κ3) is 3.14. The molecule has 9 heteroatoms. The maximum absolute atomic E-state index is 12.3. The van der Waals surface area contributed by atoms with Crippen LogP contribution in [0.5, 0.6) is 0 Å². The van der Waals surface area contributed by atoms with Crippen LogP contribution in [0, 0.1) is 0 Å². The normalized spacial score (nSPS) is 21.3. The minimum atomic E-state index is -5.65. The van der Waals surface area contributed by atoms with Crippen LogP contribution in [0.1, 0.15) is 38.5 Å². The molecule has 2 N–H and O–H groups in total. The third-order valence-corrected chi connectivity index (χ3v) is 4.27. The summed E-state index contributed by atoms with van der Waals surface area (Å²) in [5.41, 5.74) is -7.54. The number of aliphatic carboxylic acids is 1. The summed E-state index contributed by atoms with van der Waals surface area (Å²) in [6, 6.07) is 0.